The lowest BCUT2D eigenvalue weighted by molar-refractivity contribution is -0.385. The minimum absolute atomic E-state index is 0.0573. The Kier molecular flexibility index (Phi) is 5.66. The van der Waals surface area contributed by atoms with Crippen LogP contribution < -0.4 is 0 Å². The van der Waals surface area contributed by atoms with Crippen molar-refractivity contribution in [3.63, 3.8) is 0 Å². The van der Waals surface area contributed by atoms with Crippen molar-refractivity contribution in [2.24, 2.45) is 0 Å². The molecule has 5 heteroatoms. The van der Waals surface area contributed by atoms with Crippen molar-refractivity contribution >= 4 is 5.69 Å². The normalized spacial score (nSPS) is 13.3. The van der Waals surface area contributed by atoms with Crippen LogP contribution in [0, 0.1) is 49.1 Å². The highest BCUT2D eigenvalue weighted by atomic mass is 16.6. The van der Waals surface area contributed by atoms with E-state index in [1.807, 2.05) is 19.9 Å². The minimum Gasteiger partial charge on any atom is -0.381 e. The molecule has 1 heterocycles. The first-order valence-corrected chi connectivity index (χ1v) is 6.64. The summed E-state index contributed by atoms with van der Waals surface area (Å²) in [5, 5.41) is 19.8. The van der Waals surface area contributed by atoms with Gasteiger partial charge in [-0.2, -0.15) is 5.26 Å². The molecule has 0 unspecified atom stereocenters. The number of nitrogens with zero attached hydrogens (tertiary/aromatic N) is 2. The summed E-state index contributed by atoms with van der Waals surface area (Å²) in [5.74, 6) is 0. The Morgan fingerprint density at radius 2 is 1.55 bits per heavy atom. The van der Waals surface area contributed by atoms with Gasteiger partial charge < -0.3 is 4.74 Å². The molecule has 1 saturated heterocycles. The average molecular weight is 276 g/mol. The molecule has 0 N–H and O–H groups in total. The number of hydrogen-bond acceptors (Lipinski definition) is 4. The average Bonchev–Trinajstić information content (AvgIpc) is 2.99. The van der Waals surface area contributed by atoms with Crippen LogP contribution in [0.2, 0.25) is 0 Å². The zero-order chi connectivity index (χ0) is 15.3. The van der Waals surface area contributed by atoms with Crippen LogP contribution in [-0.2, 0) is 4.74 Å². The lowest BCUT2D eigenvalue weighted by Gasteiger charge is -2.10. The van der Waals surface area contributed by atoms with Crippen LogP contribution in [0.15, 0.2) is 0 Å². The Morgan fingerprint density at radius 3 is 1.90 bits per heavy atom. The Balaban J connectivity index is 0.000000333. The van der Waals surface area contributed by atoms with E-state index in [9.17, 15) is 10.1 Å². The monoisotopic (exact) mass is 276 g/mol. The van der Waals surface area contributed by atoms with E-state index in [4.69, 9.17) is 10.00 Å². The first kappa shape index (κ1) is 16.1. The van der Waals surface area contributed by atoms with Crippen molar-refractivity contribution in [2.75, 3.05) is 13.2 Å². The van der Waals surface area contributed by atoms with Crippen LogP contribution >= 0.6 is 0 Å². The molecule has 0 bridgehead atoms. The van der Waals surface area contributed by atoms with Gasteiger partial charge in [-0.1, -0.05) is 0 Å². The van der Waals surface area contributed by atoms with E-state index < -0.39 is 4.92 Å². The lowest BCUT2D eigenvalue weighted by Crippen LogP contribution is -2.03. The molecule has 0 atom stereocenters. The Bertz CT molecular complexity index is 548. The molecule has 20 heavy (non-hydrogen) atoms. The minimum atomic E-state index is -0.479. The molecule has 1 fully saturated rings. The number of hydrogen-bond donors (Lipinski definition) is 0. The fourth-order valence-electron chi connectivity index (χ4n) is 2.17. The summed E-state index contributed by atoms with van der Waals surface area (Å²) in [6, 6.07) is 1.91. The largest absolute Gasteiger partial charge is 0.381 e. The predicted octanol–water partition coefficient (Wildman–Crippen LogP) is 3.50. The molecule has 5 nitrogen and oxygen atoms in total. The van der Waals surface area contributed by atoms with E-state index in [0.717, 1.165) is 24.3 Å². The van der Waals surface area contributed by atoms with Crippen molar-refractivity contribution in [2.45, 2.75) is 40.5 Å². The smallest absolute Gasteiger partial charge is 0.290 e. The maximum atomic E-state index is 10.9. The zero-order valence-corrected chi connectivity index (χ0v) is 12.4. The summed E-state index contributed by atoms with van der Waals surface area (Å²) >= 11 is 0. The third-order valence-corrected chi connectivity index (χ3v) is 3.78. The van der Waals surface area contributed by atoms with Crippen molar-refractivity contribution in [3.8, 4) is 6.07 Å². The van der Waals surface area contributed by atoms with E-state index in [2.05, 4.69) is 0 Å². The third-order valence-electron chi connectivity index (χ3n) is 3.78. The summed E-state index contributed by atoms with van der Waals surface area (Å²) in [7, 11) is 0. The van der Waals surface area contributed by atoms with E-state index in [1.165, 1.54) is 12.8 Å². The Morgan fingerprint density at radius 1 is 1.05 bits per heavy atom. The van der Waals surface area contributed by atoms with Gasteiger partial charge in [0.2, 0.25) is 0 Å². The second-order valence-corrected chi connectivity index (χ2v) is 4.91. The second-order valence-electron chi connectivity index (χ2n) is 4.91. The van der Waals surface area contributed by atoms with Gasteiger partial charge in [0.05, 0.1) is 4.92 Å². The van der Waals surface area contributed by atoms with Gasteiger partial charge in [-0.05, 0) is 57.2 Å². The van der Waals surface area contributed by atoms with Crippen molar-refractivity contribution in [1.82, 2.24) is 0 Å². The highest BCUT2D eigenvalue weighted by Crippen LogP contribution is 2.31. The van der Waals surface area contributed by atoms with Crippen LogP contribution in [-0.4, -0.2) is 18.1 Å². The molecule has 1 aliphatic heterocycles. The van der Waals surface area contributed by atoms with Crippen molar-refractivity contribution < 1.29 is 9.66 Å². The summed E-state index contributed by atoms with van der Waals surface area (Å²) in [4.78, 5) is 10.4. The van der Waals surface area contributed by atoms with Crippen LogP contribution in [0.1, 0.15) is 40.7 Å². The fraction of sp³-hybridized carbons (Fsp3) is 0.533. The number of ether oxygens (including phenoxy) is 1. The van der Waals surface area contributed by atoms with E-state index in [-0.39, 0.29) is 11.3 Å². The van der Waals surface area contributed by atoms with Gasteiger partial charge in [0.15, 0.2) is 0 Å². The number of nitro groups is 1. The SMILES string of the molecule is C1CCOC1.Cc1c(C)c(C)c([N+](=O)[O-])c(C#N)c1C. The molecular formula is C15H20N2O3. The molecule has 1 aromatic carbocycles. The van der Waals surface area contributed by atoms with Gasteiger partial charge >= 0.3 is 0 Å². The van der Waals surface area contributed by atoms with Gasteiger partial charge in [0.25, 0.3) is 5.69 Å². The molecule has 2 rings (SSSR count). The van der Waals surface area contributed by atoms with Gasteiger partial charge in [0.1, 0.15) is 11.6 Å². The predicted molar refractivity (Wildman–Crippen MR) is 76.8 cm³/mol. The fourth-order valence-corrected chi connectivity index (χ4v) is 2.17. The van der Waals surface area contributed by atoms with Gasteiger partial charge in [-0.15, -0.1) is 0 Å². The molecule has 0 spiro atoms. The molecule has 108 valence electrons. The van der Waals surface area contributed by atoms with E-state index >= 15 is 0 Å². The van der Waals surface area contributed by atoms with Gasteiger partial charge in [-0.3, -0.25) is 10.1 Å². The first-order valence-electron chi connectivity index (χ1n) is 6.64. The van der Waals surface area contributed by atoms with Gasteiger partial charge in [-0.25, -0.2) is 0 Å². The van der Waals surface area contributed by atoms with E-state index in [0.29, 0.717) is 11.1 Å². The molecule has 0 amide bonds. The van der Waals surface area contributed by atoms with Crippen molar-refractivity contribution in [3.05, 3.63) is 37.9 Å². The highest BCUT2D eigenvalue weighted by molar-refractivity contribution is 5.63. The maximum Gasteiger partial charge on any atom is 0.290 e. The molecule has 0 aliphatic carbocycles. The second kappa shape index (κ2) is 7.01. The van der Waals surface area contributed by atoms with Crippen LogP contribution in [0.25, 0.3) is 0 Å². The molecule has 0 saturated carbocycles. The van der Waals surface area contributed by atoms with Crippen molar-refractivity contribution in [1.29, 1.82) is 5.26 Å². The molecule has 1 aromatic rings. The summed E-state index contributed by atoms with van der Waals surface area (Å²) in [6.07, 6.45) is 2.56. The number of nitro benzene ring substituents is 1. The summed E-state index contributed by atoms with van der Waals surface area (Å²) in [5.41, 5.74) is 3.25. The standard InChI is InChI=1S/C11H12N2O2.C4H8O/c1-6-7(2)9(4)11(13(14)15)10(5-12)8(6)3;1-2-4-5-3-1/h1-4H3;1-4H2. The quantitative estimate of drug-likeness (QED) is 0.581. The molecule has 0 aromatic heterocycles. The molecule has 1 aliphatic rings. The molecular weight excluding hydrogens is 256 g/mol. The number of rotatable bonds is 1. The number of nitriles is 1. The summed E-state index contributed by atoms with van der Waals surface area (Å²) in [6.45, 7) is 9.14. The zero-order valence-electron chi connectivity index (χ0n) is 12.4. The van der Waals surface area contributed by atoms with Crippen LogP contribution in [0.4, 0.5) is 5.69 Å². The Labute approximate surface area is 119 Å². The first-order chi connectivity index (χ1) is 9.41. The van der Waals surface area contributed by atoms with Crippen LogP contribution in [0.5, 0.6) is 0 Å². The Hall–Kier alpha value is -1.93. The summed E-state index contributed by atoms with van der Waals surface area (Å²) < 4.78 is 4.94. The number of benzene rings is 1. The third kappa shape index (κ3) is 3.34. The highest BCUT2D eigenvalue weighted by Gasteiger charge is 2.23. The topological polar surface area (TPSA) is 76.2 Å². The lowest BCUT2D eigenvalue weighted by atomic mass is 9.93. The van der Waals surface area contributed by atoms with Gasteiger partial charge in [0, 0.05) is 18.8 Å². The molecule has 0 radical (unpaired) electrons. The van der Waals surface area contributed by atoms with Crippen LogP contribution in [0.3, 0.4) is 0 Å². The maximum absolute atomic E-state index is 10.9. The van der Waals surface area contributed by atoms with E-state index in [1.54, 1.807) is 13.8 Å².